The van der Waals surface area contributed by atoms with E-state index < -0.39 is 0 Å². The molecule has 1 saturated carbocycles. The third kappa shape index (κ3) is 4.04. The monoisotopic (exact) mass is 229 g/mol. The van der Waals surface area contributed by atoms with Crippen molar-refractivity contribution in [1.82, 2.24) is 4.67 Å². The molecular weight excluding hydrogens is 201 g/mol. The Morgan fingerprint density at radius 1 is 1.33 bits per heavy atom. The first-order valence-electron chi connectivity index (χ1n) is 6.49. The van der Waals surface area contributed by atoms with E-state index in [2.05, 4.69) is 39.3 Å². The molecule has 0 aromatic heterocycles. The van der Waals surface area contributed by atoms with Crippen molar-refractivity contribution in [2.45, 2.75) is 71.5 Å². The van der Waals surface area contributed by atoms with E-state index in [1.54, 1.807) is 0 Å². The van der Waals surface area contributed by atoms with Gasteiger partial charge >= 0.3 is 0 Å². The molecule has 1 aliphatic carbocycles. The maximum atomic E-state index is 2.72. The molecule has 0 radical (unpaired) electrons. The van der Waals surface area contributed by atoms with Gasteiger partial charge < -0.3 is 0 Å². The number of hydrogen-bond donors (Lipinski definition) is 0. The Labute approximate surface area is 97.8 Å². The highest BCUT2D eigenvalue weighted by Gasteiger charge is 2.30. The van der Waals surface area contributed by atoms with Crippen LogP contribution in [0.15, 0.2) is 0 Å². The van der Waals surface area contributed by atoms with Crippen LogP contribution in [0.5, 0.6) is 0 Å². The van der Waals surface area contributed by atoms with Gasteiger partial charge in [0.2, 0.25) is 0 Å². The van der Waals surface area contributed by atoms with Crippen molar-refractivity contribution in [3.8, 4) is 0 Å². The lowest BCUT2D eigenvalue weighted by Crippen LogP contribution is -2.41. The van der Waals surface area contributed by atoms with Gasteiger partial charge in [0.25, 0.3) is 0 Å². The Bertz CT molecular complexity index is 185. The molecule has 0 saturated heterocycles. The van der Waals surface area contributed by atoms with Crippen LogP contribution in [0.4, 0.5) is 0 Å². The number of hydrogen-bond acceptors (Lipinski definition) is 1. The van der Waals surface area contributed by atoms with Gasteiger partial charge in [-0.3, -0.25) is 4.67 Å². The normalized spacial score (nSPS) is 19.4. The average molecular weight is 229 g/mol. The average Bonchev–Trinajstić information content (AvgIpc) is 1.99. The fourth-order valence-corrected chi connectivity index (χ4v) is 4.29. The number of nitrogens with zero attached hydrogens (tertiary/aromatic N) is 1. The molecule has 1 atom stereocenters. The van der Waals surface area contributed by atoms with E-state index in [4.69, 9.17) is 0 Å². The predicted molar refractivity (Wildman–Crippen MR) is 71.9 cm³/mol. The van der Waals surface area contributed by atoms with Gasteiger partial charge in [0.15, 0.2) is 0 Å². The van der Waals surface area contributed by atoms with Gasteiger partial charge in [-0.2, -0.15) is 0 Å². The summed E-state index contributed by atoms with van der Waals surface area (Å²) in [5, 5.41) is 0. The molecule has 90 valence electrons. The minimum atomic E-state index is 0.400. The van der Waals surface area contributed by atoms with Gasteiger partial charge in [-0.25, -0.2) is 0 Å². The van der Waals surface area contributed by atoms with Gasteiger partial charge in [0.1, 0.15) is 0 Å². The van der Waals surface area contributed by atoms with Gasteiger partial charge in [0.05, 0.1) is 0 Å². The molecule has 0 aliphatic heterocycles. The van der Waals surface area contributed by atoms with E-state index in [-0.39, 0.29) is 0 Å². The zero-order chi connectivity index (χ0) is 11.5. The van der Waals surface area contributed by atoms with Crippen LogP contribution in [0.3, 0.4) is 0 Å². The predicted octanol–water partition coefficient (Wildman–Crippen LogP) is 4.28. The van der Waals surface area contributed by atoms with Gasteiger partial charge in [-0.1, -0.05) is 27.2 Å². The second-order valence-corrected chi connectivity index (χ2v) is 7.53. The van der Waals surface area contributed by atoms with Crippen LogP contribution < -0.4 is 0 Å². The van der Waals surface area contributed by atoms with Crippen LogP contribution in [0.2, 0.25) is 0 Å². The van der Waals surface area contributed by atoms with E-state index >= 15 is 0 Å². The lowest BCUT2D eigenvalue weighted by molar-refractivity contribution is 0.208. The maximum Gasteiger partial charge on any atom is 0.0189 e. The first kappa shape index (κ1) is 13.5. The van der Waals surface area contributed by atoms with Crippen LogP contribution in [-0.4, -0.2) is 22.4 Å². The first-order chi connectivity index (χ1) is 6.95. The molecule has 0 aromatic carbocycles. The topological polar surface area (TPSA) is 3.24 Å². The quantitative estimate of drug-likeness (QED) is 0.614. The Kier molecular flexibility index (Phi) is 5.06. The standard InChI is InChI=1S/C13H28NP/c1-6-14(15-12-8-7-9-12)13(4,5)10-11(2)3/h11-12,15H,6-10H2,1-5H3. The Morgan fingerprint density at radius 2 is 1.93 bits per heavy atom. The Hall–Kier alpha value is 0.390. The summed E-state index contributed by atoms with van der Waals surface area (Å²) in [6, 6.07) is 0. The van der Waals surface area contributed by atoms with Crippen molar-refractivity contribution in [1.29, 1.82) is 0 Å². The molecule has 1 rings (SSSR count). The summed E-state index contributed by atoms with van der Waals surface area (Å²) in [4.78, 5) is 0. The molecule has 1 aliphatic rings. The molecule has 1 unspecified atom stereocenters. The maximum absolute atomic E-state index is 2.72. The second kappa shape index (κ2) is 5.64. The smallest absolute Gasteiger partial charge is 0.0189 e. The molecule has 0 spiro atoms. The summed E-state index contributed by atoms with van der Waals surface area (Å²) in [6.07, 6.45) is 5.75. The minimum Gasteiger partial charge on any atom is -0.279 e. The Morgan fingerprint density at radius 3 is 2.27 bits per heavy atom. The van der Waals surface area contributed by atoms with Crippen LogP contribution in [0, 0.1) is 5.92 Å². The molecule has 0 N–H and O–H groups in total. The highest BCUT2D eigenvalue weighted by atomic mass is 31.1. The highest BCUT2D eigenvalue weighted by molar-refractivity contribution is 7.36. The van der Waals surface area contributed by atoms with Crippen LogP contribution >= 0.6 is 8.73 Å². The lowest BCUT2D eigenvalue weighted by Gasteiger charge is -2.42. The summed E-state index contributed by atoms with van der Waals surface area (Å²) in [5.41, 5.74) is 1.42. The van der Waals surface area contributed by atoms with E-state index in [0.29, 0.717) is 5.54 Å². The van der Waals surface area contributed by atoms with Crippen LogP contribution in [-0.2, 0) is 0 Å². The summed E-state index contributed by atoms with van der Waals surface area (Å²) >= 11 is 0. The number of rotatable bonds is 6. The SMILES string of the molecule is CCN(PC1CCC1)C(C)(C)CC(C)C. The third-order valence-corrected chi connectivity index (χ3v) is 5.57. The van der Waals surface area contributed by atoms with Crippen molar-refractivity contribution in [3.05, 3.63) is 0 Å². The van der Waals surface area contributed by atoms with E-state index in [1.165, 1.54) is 32.2 Å². The molecule has 0 bridgehead atoms. The fourth-order valence-electron chi connectivity index (χ4n) is 2.56. The molecule has 0 aromatic rings. The van der Waals surface area contributed by atoms with Gasteiger partial charge in [-0.15, -0.1) is 0 Å². The Balaban J connectivity index is 2.46. The zero-order valence-electron chi connectivity index (χ0n) is 11.1. The molecule has 2 heteroatoms. The van der Waals surface area contributed by atoms with Crippen molar-refractivity contribution < 1.29 is 0 Å². The fraction of sp³-hybridized carbons (Fsp3) is 1.00. The van der Waals surface area contributed by atoms with Crippen molar-refractivity contribution in [3.63, 3.8) is 0 Å². The summed E-state index contributed by atoms with van der Waals surface area (Å²) < 4.78 is 2.72. The van der Waals surface area contributed by atoms with E-state index in [1.807, 2.05) is 0 Å². The molecule has 0 heterocycles. The van der Waals surface area contributed by atoms with Gasteiger partial charge in [-0.05, 0) is 60.0 Å². The molecule has 15 heavy (non-hydrogen) atoms. The van der Waals surface area contributed by atoms with Crippen LogP contribution in [0.1, 0.15) is 60.3 Å². The van der Waals surface area contributed by atoms with E-state index in [9.17, 15) is 0 Å². The largest absolute Gasteiger partial charge is 0.279 e. The van der Waals surface area contributed by atoms with Crippen molar-refractivity contribution >= 4 is 8.73 Å². The second-order valence-electron chi connectivity index (χ2n) is 5.91. The summed E-state index contributed by atoms with van der Waals surface area (Å²) in [6.45, 7) is 13.0. The lowest BCUT2D eigenvalue weighted by atomic mass is 9.93. The minimum absolute atomic E-state index is 0.400. The summed E-state index contributed by atoms with van der Waals surface area (Å²) in [5.74, 6) is 0.806. The summed E-state index contributed by atoms with van der Waals surface area (Å²) in [7, 11) is 1.07. The third-order valence-electron chi connectivity index (χ3n) is 3.40. The zero-order valence-corrected chi connectivity index (χ0v) is 12.1. The van der Waals surface area contributed by atoms with Crippen molar-refractivity contribution in [2.75, 3.05) is 6.54 Å². The van der Waals surface area contributed by atoms with Gasteiger partial charge in [0, 0.05) is 5.54 Å². The molecule has 1 nitrogen and oxygen atoms in total. The highest BCUT2D eigenvalue weighted by Crippen LogP contribution is 2.43. The molecule has 1 fully saturated rings. The van der Waals surface area contributed by atoms with E-state index in [0.717, 1.165) is 20.3 Å². The van der Waals surface area contributed by atoms with Crippen molar-refractivity contribution in [2.24, 2.45) is 5.92 Å². The first-order valence-corrected chi connectivity index (χ1v) is 7.52. The molecular formula is C13H28NP. The molecule has 0 amide bonds. The van der Waals surface area contributed by atoms with Crippen LogP contribution in [0.25, 0.3) is 0 Å².